The molecule has 0 saturated carbocycles. The Labute approximate surface area is 131 Å². The number of aromatic nitrogens is 5. The van der Waals surface area contributed by atoms with Crippen LogP contribution in [0.3, 0.4) is 0 Å². The maximum Gasteiger partial charge on any atom is 0.253 e. The van der Waals surface area contributed by atoms with E-state index in [1.165, 1.54) is 0 Å². The molecule has 4 rings (SSSR count). The molecule has 0 aliphatic heterocycles. The van der Waals surface area contributed by atoms with Crippen molar-refractivity contribution in [3.05, 3.63) is 65.9 Å². The lowest BCUT2D eigenvalue weighted by atomic mass is 10.1. The molecular weight excluding hydrogens is 298 g/mol. The van der Waals surface area contributed by atoms with Crippen LogP contribution in [0.1, 0.15) is 0 Å². The van der Waals surface area contributed by atoms with Gasteiger partial charge in [0, 0.05) is 23.0 Å². The summed E-state index contributed by atoms with van der Waals surface area (Å²) in [7, 11) is 0. The maximum atomic E-state index is 5.95. The molecule has 0 fully saturated rings. The molecule has 4 aromatic rings. The smallest absolute Gasteiger partial charge is 0.253 e. The molecule has 1 aromatic carbocycles. The summed E-state index contributed by atoms with van der Waals surface area (Å²) in [5.41, 5.74) is 2.61. The molecule has 0 aliphatic rings. The third-order valence-corrected chi connectivity index (χ3v) is 3.53. The van der Waals surface area contributed by atoms with Gasteiger partial charge in [0.15, 0.2) is 0 Å². The van der Waals surface area contributed by atoms with Crippen LogP contribution in [0.2, 0.25) is 5.02 Å². The van der Waals surface area contributed by atoms with Crippen molar-refractivity contribution < 1.29 is 0 Å². The van der Waals surface area contributed by atoms with Gasteiger partial charge in [0.2, 0.25) is 5.82 Å². The van der Waals surface area contributed by atoms with Crippen molar-refractivity contribution in [2.75, 3.05) is 0 Å². The van der Waals surface area contributed by atoms with Crippen molar-refractivity contribution in [1.82, 2.24) is 24.6 Å². The highest BCUT2D eigenvalue weighted by Crippen LogP contribution is 2.22. The average Bonchev–Trinajstić information content (AvgIpc) is 3.01. The van der Waals surface area contributed by atoms with Gasteiger partial charge in [0.25, 0.3) is 5.78 Å². The van der Waals surface area contributed by atoms with Crippen molar-refractivity contribution in [2.24, 2.45) is 0 Å². The largest absolute Gasteiger partial charge is 0.253 e. The Morgan fingerprint density at radius 1 is 0.864 bits per heavy atom. The van der Waals surface area contributed by atoms with Crippen LogP contribution in [0, 0.1) is 0 Å². The summed E-state index contributed by atoms with van der Waals surface area (Å²) in [5, 5.41) is 5.23. The van der Waals surface area contributed by atoms with Crippen LogP contribution in [0.4, 0.5) is 0 Å². The molecule has 6 heteroatoms. The Morgan fingerprint density at radius 3 is 2.50 bits per heavy atom. The van der Waals surface area contributed by atoms with Gasteiger partial charge >= 0.3 is 0 Å². The zero-order valence-corrected chi connectivity index (χ0v) is 12.1. The molecule has 0 aliphatic carbocycles. The van der Waals surface area contributed by atoms with E-state index in [1.54, 1.807) is 16.9 Å². The molecule has 0 amide bonds. The van der Waals surface area contributed by atoms with Gasteiger partial charge in [0.1, 0.15) is 5.69 Å². The summed E-state index contributed by atoms with van der Waals surface area (Å²) >= 11 is 5.95. The highest BCUT2D eigenvalue weighted by atomic mass is 35.5. The van der Waals surface area contributed by atoms with Gasteiger partial charge in [-0.3, -0.25) is 4.98 Å². The van der Waals surface area contributed by atoms with E-state index in [2.05, 4.69) is 20.1 Å². The van der Waals surface area contributed by atoms with Crippen LogP contribution < -0.4 is 0 Å². The summed E-state index contributed by atoms with van der Waals surface area (Å²) in [5.74, 6) is 1.09. The molecular formula is C16H10ClN5. The molecule has 0 N–H and O–H groups in total. The fourth-order valence-corrected chi connectivity index (χ4v) is 2.36. The van der Waals surface area contributed by atoms with Gasteiger partial charge in [-0.2, -0.15) is 9.50 Å². The lowest BCUT2D eigenvalue weighted by Gasteiger charge is -2.03. The fraction of sp³-hybridized carbons (Fsp3) is 0. The summed E-state index contributed by atoms with van der Waals surface area (Å²) in [4.78, 5) is 13.0. The quantitative estimate of drug-likeness (QED) is 0.568. The molecule has 0 saturated heterocycles. The second kappa shape index (κ2) is 5.20. The third-order valence-electron chi connectivity index (χ3n) is 3.27. The standard InChI is InChI=1S/C16H10ClN5/c17-12-6-4-11(5-7-12)14-8-10-19-16-20-15(21-22(14)16)13-3-1-2-9-18-13/h1-10H. The van der Waals surface area contributed by atoms with Crippen molar-refractivity contribution >= 4 is 17.4 Å². The number of pyridine rings is 1. The minimum Gasteiger partial charge on any atom is -0.253 e. The third kappa shape index (κ3) is 2.21. The zero-order valence-electron chi connectivity index (χ0n) is 11.4. The van der Waals surface area contributed by atoms with E-state index in [1.807, 2.05) is 48.5 Å². The maximum absolute atomic E-state index is 5.95. The Bertz CT molecular complexity index is 932. The summed E-state index contributed by atoms with van der Waals surface area (Å²) in [6, 6.07) is 15.1. The number of hydrogen-bond donors (Lipinski definition) is 0. The number of nitrogens with zero attached hydrogens (tertiary/aromatic N) is 5. The van der Waals surface area contributed by atoms with Gasteiger partial charge in [0.05, 0.1) is 5.69 Å². The first-order chi connectivity index (χ1) is 10.8. The van der Waals surface area contributed by atoms with Crippen LogP contribution in [0.25, 0.3) is 28.6 Å². The first kappa shape index (κ1) is 12.9. The summed E-state index contributed by atoms with van der Waals surface area (Å²) in [6.45, 7) is 0. The topological polar surface area (TPSA) is 56.0 Å². The van der Waals surface area contributed by atoms with E-state index in [9.17, 15) is 0 Å². The van der Waals surface area contributed by atoms with Gasteiger partial charge < -0.3 is 0 Å². The molecule has 0 unspecified atom stereocenters. The Kier molecular flexibility index (Phi) is 3.05. The summed E-state index contributed by atoms with van der Waals surface area (Å²) < 4.78 is 1.72. The first-order valence-corrected chi connectivity index (χ1v) is 7.08. The van der Waals surface area contributed by atoms with E-state index >= 15 is 0 Å². The minimum absolute atomic E-state index is 0.535. The molecule has 3 heterocycles. The summed E-state index contributed by atoms with van der Waals surface area (Å²) in [6.07, 6.45) is 3.44. The molecule has 106 valence electrons. The van der Waals surface area contributed by atoms with E-state index in [-0.39, 0.29) is 0 Å². The second-order valence-electron chi connectivity index (χ2n) is 4.70. The van der Waals surface area contributed by atoms with E-state index in [4.69, 9.17) is 11.6 Å². The molecule has 22 heavy (non-hydrogen) atoms. The fourth-order valence-electron chi connectivity index (χ4n) is 2.24. The van der Waals surface area contributed by atoms with Crippen LogP contribution in [0.5, 0.6) is 0 Å². The van der Waals surface area contributed by atoms with Crippen molar-refractivity contribution in [1.29, 1.82) is 0 Å². The Balaban J connectivity index is 1.90. The number of halogens is 1. The number of rotatable bonds is 2. The van der Waals surface area contributed by atoms with Crippen molar-refractivity contribution in [3.63, 3.8) is 0 Å². The van der Waals surface area contributed by atoms with Crippen LogP contribution in [-0.4, -0.2) is 24.6 Å². The SMILES string of the molecule is Clc1ccc(-c2ccnc3nc(-c4ccccn4)nn23)cc1. The van der Waals surface area contributed by atoms with Crippen molar-refractivity contribution in [2.45, 2.75) is 0 Å². The predicted octanol–water partition coefficient (Wildman–Crippen LogP) is 3.51. The highest BCUT2D eigenvalue weighted by Gasteiger charge is 2.11. The van der Waals surface area contributed by atoms with Crippen LogP contribution >= 0.6 is 11.6 Å². The van der Waals surface area contributed by atoms with Crippen LogP contribution in [-0.2, 0) is 0 Å². The van der Waals surface area contributed by atoms with Gasteiger partial charge in [-0.05, 0) is 30.3 Å². The molecule has 5 nitrogen and oxygen atoms in total. The molecule has 0 spiro atoms. The number of hydrogen-bond acceptors (Lipinski definition) is 4. The van der Waals surface area contributed by atoms with Gasteiger partial charge in [-0.15, -0.1) is 5.10 Å². The Hall–Kier alpha value is -2.79. The van der Waals surface area contributed by atoms with Crippen LogP contribution in [0.15, 0.2) is 60.9 Å². The van der Waals surface area contributed by atoms with E-state index < -0.39 is 0 Å². The van der Waals surface area contributed by atoms with Crippen molar-refractivity contribution in [3.8, 4) is 22.8 Å². The van der Waals surface area contributed by atoms with Gasteiger partial charge in [-0.25, -0.2) is 4.98 Å². The predicted molar refractivity (Wildman–Crippen MR) is 84.5 cm³/mol. The molecule has 3 aromatic heterocycles. The lowest BCUT2D eigenvalue weighted by Crippen LogP contribution is -1.95. The highest BCUT2D eigenvalue weighted by molar-refractivity contribution is 6.30. The number of fused-ring (bicyclic) bond motifs is 1. The van der Waals surface area contributed by atoms with E-state index in [0.717, 1.165) is 17.0 Å². The Morgan fingerprint density at radius 2 is 1.73 bits per heavy atom. The molecule has 0 atom stereocenters. The van der Waals surface area contributed by atoms with Gasteiger partial charge in [-0.1, -0.05) is 29.8 Å². The second-order valence-corrected chi connectivity index (χ2v) is 5.14. The van der Waals surface area contributed by atoms with E-state index in [0.29, 0.717) is 16.6 Å². The minimum atomic E-state index is 0.535. The zero-order chi connectivity index (χ0) is 14.9. The molecule has 0 bridgehead atoms. The molecule has 0 radical (unpaired) electrons. The first-order valence-electron chi connectivity index (χ1n) is 6.70. The lowest BCUT2D eigenvalue weighted by molar-refractivity contribution is 0.948. The monoisotopic (exact) mass is 307 g/mol. The normalized spacial score (nSPS) is 11.0. The average molecular weight is 308 g/mol. The number of benzene rings is 1.